The number of aliphatic hydroxyl groups is 1. The first kappa shape index (κ1) is 21.4. The molecule has 2 aromatic rings. The zero-order valence-corrected chi connectivity index (χ0v) is 17.9. The minimum atomic E-state index is -0.296. The molecule has 0 amide bonds. The molecular weight excluding hydrogens is 386 g/mol. The average Bonchev–Trinajstić information content (AvgIpc) is 2.67. The Kier molecular flexibility index (Phi) is 6.61. The van der Waals surface area contributed by atoms with Gasteiger partial charge in [0.25, 0.3) is 0 Å². The lowest BCUT2D eigenvalue weighted by molar-refractivity contribution is 0.00926. The summed E-state index contributed by atoms with van der Waals surface area (Å²) in [6.07, 6.45) is 4.48. The van der Waals surface area contributed by atoms with Crippen LogP contribution in [0, 0.1) is 23.7 Å². The Morgan fingerprint density at radius 2 is 2.14 bits per heavy atom. The van der Waals surface area contributed by atoms with Crippen LogP contribution < -0.4 is 10.6 Å². The molecule has 1 fully saturated rings. The van der Waals surface area contributed by atoms with Gasteiger partial charge in [0.05, 0.1) is 12.3 Å². The average molecular weight is 414 g/mol. The van der Waals surface area contributed by atoms with Crippen LogP contribution in [0.2, 0.25) is 5.02 Å². The van der Waals surface area contributed by atoms with E-state index < -0.39 is 0 Å². The second-order valence-electron chi connectivity index (χ2n) is 8.46. The third-order valence-corrected chi connectivity index (χ3v) is 6.06. The summed E-state index contributed by atoms with van der Waals surface area (Å²) in [5.74, 6) is 1.04. The molecule has 1 aromatic carbocycles. The summed E-state index contributed by atoms with van der Waals surface area (Å²) < 4.78 is 0. The Hall–Kier alpha value is -2.36. The Balaban J connectivity index is 1.64. The first-order valence-corrected chi connectivity index (χ1v) is 10.4. The summed E-state index contributed by atoms with van der Waals surface area (Å²) in [6, 6.07) is 8.33. The lowest BCUT2D eigenvalue weighted by Gasteiger charge is -2.40. The van der Waals surface area contributed by atoms with Crippen LogP contribution in [0.25, 0.3) is 0 Å². The molecule has 7 heteroatoms. The molecule has 0 aliphatic heterocycles. The fraction of sp³-hybridized carbons (Fsp3) is 0.500. The topological polar surface area (TPSA) is 93.9 Å². The molecule has 0 saturated heterocycles. The van der Waals surface area contributed by atoms with E-state index in [2.05, 4.69) is 46.6 Å². The first-order valence-electron chi connectivity index (χ1n) is 9.99. The quantitative estimate of drug-likeness (QED) is 0.653. The highest BCUT2D eigenvalue weighted by Crippen LogP contribution is 2.36. The lowest BCUT2D eigenvalue weighted by atomic mass is 9.73. The molecule has 0 bridgehead atoms. The molecule has 0 spiro atoms. The van der Waals surface area contributed by atoms with Crippen molar-refractivity contribution in [3.8, 4) is 6.07 Å². The van der Waals surface area contributed by atoms with E-state index in [-0.39, 0.29) is 17.6 Å². The molecular formula is C22H28ClN5O. The van der Waals surface area contributed by atoms with Crippen LogP contribution in [0.1, 0.15) is 49.8 Å². The summed E-state index contributed by atoms with van der Waals surface area (Å²) in [7, 11) is 0. The number of nitrogens with one attached hydrogen (secondary N) is 2. The normalized spacial score (nSPS) is 20.7. The summed E-state index contributed by atoms with van der Waals surface area (Å²) >= 11 is 6.08. The van der Waals surface area contributed by atoms with Gasteiger partial charge >= 0.3 is 0 Å². The largest absolute Gasteiger partial charge is 0.393 e. The van der Waals surface area contributed by atoms with Crippen LogP contribution in [0.3, 0.4) is 0 Å². The van der Waals surface area contributed by atoms with Crippen LogP contribution in [0.5, 0.6) is 0 Å². The van der Waals surface area contributed by atoms with Gasteiger partial charge in [0.1, 0.15) is 17.5 Å². The van der Waals surface area contributed by atoms with E-state index in [0.29, 0.717) is 23.9 Å². The summed E-state index contributed by atoms with van der Waals surface area (Å²) in [6.45, 7) is 6.81. The van der Waals surface area contributed by atoms with Crippen LogP contribution in [-0.2, 0) is 6.42 Å². The number of nitriles is 1. The molecule has 3 N–H and O–H groups in total. The molecule has 1 heterocycles. The molecule has 1 saturated carbocycles. The Morgan fingerprint density at radius 3 is 2.83 bits per heavy atom. The SMILES string of the molecule is Cc1cc(CCNc2ncc(C#N)c(N[C@@H]3CC[C@H](O)C(C)(C)C3)n2)ccc1Cl. The third-order valence-electron chi connectivity index (χ3n) is 5.63. The number of aliphatic hydroxyl groups excluding tert-OH is 1. The van der Waals surface area contributed by atoms with Gasteiger partial charge in [0, 0.05) is 17.6 Å². The minimum Gasteiger partial charge on any atom is -0.393 e. The van der Waals surface area contributed by atoms with Gasteiger partial charge in [0.15, 0.2) is 0 Å². The summed E-state index contributed by atoms with van der Waals surface area (Å²) in [4.78, 5) is 8.79. The number of nitrogens with zero attached hydrogens (tertiary/aromatic N) is 3. The maximum atomic E-state index is 10.2. The van der Waals surface area contributed by atoms with Gasteiger partial charge in [-0.3, -0.25) is 0 Å². The van der Waals surface area contributed by atoms with Gasteiger partial charge in [-0.25, -0.2) is 4.98 Å². The zero-order valence-electron chi connectivity index (χ0n) is 17.2. The van der Waals surface area contributed by atoms with E-state index in [0.717, 1.165) is 36.3 Å². The van der Waals surface area contributed by atoms with Crippen molar-refractivity contribution in [2.45, 2.75) is 58.6 Å². The molecule has 29 heavy (non-hydrogen) atoms. The second-order valence-corrected chi connectivity index (χ2v) is 8.86. The molecule has 0 radical (unpaired) electrons. The molecule has 3 rings (SSSR count). The van der Waals surface area contributed by atoms with Gasteiger partial charge in [-0.1, -0.05) is 37.6 Å². The zero-order chi connectivity index (χ0) is 21.0. The molecule has 0 unspecified atom stereocenters. The Bertz CT molecular complexity index is 909. The van der Waals surface area contributed by atoms with Crippen molar-refractivity contribution >= 4 is 23.4 Å². The van der Waals surface area contributed by atoms with Crippen LogP contribution in [0.4, 0.5) is 11.8 Å². The van der Waals surface area contributed by atoms with E-state index >= 15 is 0 Å². The van der Waals surface area contributed by atoms with Gasteiger partial charge < -0.3 is 15.7 Å². The van der Waals surface area contributed by atoms with E-state index in [4.69, 9.17) is 11.6 Å². The van der Waals surface area contributed by atoms with Gasteiger partial charge in [0.2, 0.25) is 5.95 Å². The van der Waals surface area contributed by atoms with Gasteiger partial charge in [-0.2, -0.15) is 10.2 Å². The van der Waals surface area contributed by atoms with Crippen molar-refractivity contribution in [2.75, 3.05) is 17.2 Å². The van der Waals surface area contributed by atoms with Crippen LogP contribution >= 0.6 is 11.6 Å². The van der Waals surface area contributed by atoms with Crippen molar-refractivity contribution < 1.29 is 5.11 Å². The van der Waals surface area contributed by atoms with E-state index in [9.17, 15) is 10.4 Å². The molecule has 2 atom stereocenters. The number of benzene rings is 1. The number of anilines is 2. The van der Waals surface area contributed by atoms with E-state index in [1.807, 2.05) is 19.1 Å². The highest BCUT2D eigenvalue weighted by molar-refractivity contribution is 6.31. The predicted octanol–water partition coefficient (Wildman–Crippen LogP) is 4.32. The van der Waals surface area contributed by atoms with Crippen molar-refractivity contribution in [1.82, 2.24) is 9.97 Å². The molecule has 6 nitrogen and oxygen atoms in total. The molecule has 154 valence electrons. The number of aryl methyl sites for hydroxylation is 1. The molecule has 1 aromatic heterocycles. The number of rotatable bonds is 6. The van der Waals surface area contributed by atoms with Crippen molar-refractivity contribution in [3.05, 3.63) is 46.1 Å². The van der Waals surface area contributed by atoms with Crippen molar-refractivity contribution in [2.24, 2.45) is 5.41 Å². The van der Waals surface area contributed by atoms with Gasteiger partial charge in [-0.15, -0.1) is 0 Å². The second kappa shape index (κ2) is 8.98. The molecule has 1 aliphatic rings. The maximum absolute atomic E-state index is 10.2. The summed E-state index contributed by atoms with van der Waals surface area (Å²) in [5.41, 5.74) is 2.51. The minimum absolute atomic E-state index is 0.159. The fourth-order valence-electron chi connectivity index (χ4n) is 3.78. The maximum Gasteiger partial charge on any atom is 0.224 e. The number of aromatic nitrogens is 2. The Morgan fingerprint density at radius 1 is 1.34 bits per heavy atom. The smallest absolute Gasteiger partial charge is 0.224 e. The Labute approximate surface area is 177 Å². The monoisotopic (exact) mass is 413 g/mol. The highest BCUT2D eigenvalue weighted by Gasteiger charge is 2.35. The highest BCUT2D eigenvalue weighted by atomic mass is 35.5. The lowest BCUT2D eigenvalue weighted by Crippen LogP contribution is -2.41. The van der Waals surface area contributed by atoms with Crippen molar-refractivity contribution in [3.63, 3.8) is 0 Å². The fourth-order valence-corrected chi connectivity index (χ4v) is 3.90. The number of hydrogen-bond acceptors (Lipinski definition) is 6. The number of hydrogen-bond donors (Lipinski definition) is 3. The van der Waals surface area contributed by atoms with E-state index in [1.165, 1.54) is 5.56 Å². The third kappa shape index (κ3) is 5.37. The summed E-state index contributed by atoms with van der Waals surface area (Å²) in [5, 5.41) is 27.0. The molecule has 1 aliphatic carbocycles. The van der Waals surface area contributed by atoms with Gasteiger partial charge in [-0.05, 0) is 55.2 Å². The van der Waals surface area contributed by atoms with Crippen LogP contribution in [0.15, 0.2) is 24.4 Å². The standard InChI is InChI=1S/C22H28ClN5O/c1-14-10-15(4-6-18(14)23)8-9-25-21-26-13-16(12-24)20(28-21)27-17-5-7-19(29)22(2,3)11-17/h4,6,10,13,17,19,29H,5,7-9,11H2,1-3H3,(H2,25,26,27,28)/t17-,19+/m1/s1. The number of halogens is 1. The van der Waals surface area contributed by atoms with Crippen LogP contribution in [-0.4, -0.2) is 33.8 Å². The van der Waals surface area contributed by atoms with E-state index in [1.54, 1.807) is 6.20 Å². The first-order chi connectivity index (χ1) is 13.8. The predicted molar refractivity (Wildman–Crippen MR) is 116 cm³/mol. The van der Waals surface area contributed by atoms with Crippen molar-refractivity contribution in [1.29, 1.82) is 5.26 Å².